The smallest absolute Gasteiger partial charge is 0.341 e. The molecule has 1 aliphatic rings. The number of furan rings is 1. The fraction of sp³-hybridized carbons (Fsp3) is 0.296. The summed E-state index contributed by atoms with van der Waals surface area (Å²) in [6.07, 6.45) is 4.02. The van der Waals surface area contributed by atoms with Crippen LogP contribution in [-0.4, -0.2) is 18.5 Å². The Morgan fingerprint density at radius 1 is 1.26 bits per heavy atom. The molecule has 0 saturated heterocycles. The second-order valence-corrected chi connectivity index (χ2v) is 9.57. The van der Waals surface area contributed by atoms with Gasteiger partial charge in [-0.1, -0.05) is 36.8 Å². The molecular weight excluding hydrogens is 448 g/mol. The normalized spacial score (nSPS) is 15.4. The number of anilines is 1. The van der Waals surface area contributed by atoms with Crippen LogP contribution in [0.1, 0.15) is 52.4 Å². The highest BCUT2D eigenvalue weighted by atomic mass is 32.1. The lowest BCUT2D eigenvalue weighted by atomic mass is 9.88. The summed E-state index contributed by atoms with van der Waals surface area (Å²) in [4.78, 5) is 26.8. The second kappa shape index (κ2) is 10.1. The number of amides is 1. The average molecular weight is 475 g/mol. The van der Waals surface area contributed by atoms with Gasteiger partial charge >= 0.3 is 5.97 Å². The molecule has 0 bridgehead atoms. The van der Waals surface area contributed by atoms with Gasteiger partial charge in [-0.05, 0) is 56.7 Å². The topological polar surface area (TPSA) is 92.3 Å². The van der Waals surface area contributed by atoms with Gasteiger partial charge in [0.2, 0.25) is 0 Å². The van der Waals surface area contributed by atoms with Crippen LogP contribution >= 0.6 is 11.3 Å². The number of thiophene rings is 1. The van der Waals surface area contributed by atoms with Crippen LogP contribution < -0.4 is 5.32 Å². The molecule has 0 aliphatic heterocycles. The van der Waals surface area contributed by atoms with Crippen LogP contribution in [0.3, 0.4) is 0 Å². The molecule has 7 heteroatoms. The SMILES string of the molecule is CCOC(=O)c1c(NC(=O)/C(C#N)=C/c2ccc(-c3ccc(C)cc3)o2)sc2c1CC[C@@H](C)C2. The maximum absolute atomic E-state index is 13.0. The lowest BCUT2D eigenvalue weighted by molar-refractivity contribution is -0.112. The van der Waals surface area contributed by atoms with Crippen molar-refractivity contribution in [2.75, 3.05) is 11.9 Å². The number of nitrogens with one attached hydrogen (secondary N) is 1. The first-order valence-corrected chi connectivity index (χ1v) is 12.1. The number of nitrogens with zero attached hydrogens (tertiary/aromatic N) is 1. The molecule has 1 aliphatic carbocycles. The standard InChI is InChI=1S/C27H26N2O4S/c1-4-32-27(31)24-21-11-7-17(3)13-23(21)34-26(24)29-25(30)19(15-28)14-20-10-12-22(33-20)18-8-5-16(2)6-9-18/h5-6,8-10,12,14,17H,4,7,11,13H2,1-3H3,(H,29,30)/b19-14+/t17-/m1/s1. The molecule has 0 spiro atoms. The number of carbonyl (C=O) groups is 2. The number of hydrogen-bond acceptors (Lipinski definition) is 6. The molecule has 2 aromatic heterocycles. The predicted molar refractivity (Wildman–Crippen MR) is 133 cm³/mol. The van der Waals surface area contributed by atoms with E-state index in [4.69, 9.17) is 9.15 Å². The van der Waals surface area contributed by atoms with Gasteiger partial charge in [-0.25, -0.2) is 4.79 Å². The van der Waals surface area contributed by atoms with Crippen LogP contribution in [0.2, 0.25) is 0 Å². The van der Waals surface area contributed by atoms with E-state index in [0.717, 1.165) is 40.8 Å². The van der Waals surface area contributed by atoms with E-state index in [1.54, 1.807) is 19.1 Å². The van der Waals surface area contributed by atoms with E-state index in [2.05, 4.69) is 12.2 Å². The summed E-state index contributed by atoms with van der Waals surface area (Å²) >= 11 is 1.39. The largest absolute Gasteiger partial charge is 0.462 e. The Morgan fingerprint density at radius 3 is 2.74 bits per heavy atom. The first-order chi connectivity index (χ1) is 16.4. The summed E-state index contributed by atoms with van der Waals surface area (Å²) < 4.78 is 11.1. The van der Waals surface area contributed by atoms with Crippen LogP contribution in [0, 0.1) is 24.2 Å². The van der Waals surface area contributed by atoms with Gasteiger partial charge in [0, 0.05) is 16.5 Å². The summed E-state index contributed by atoms with van der Waals surface area (Å²) in [5.41, 5.74) is 3.31. The molecule has 2 heterocycles. The van der Waals surface area contributed by atoms with Gasteiger partial charge in [-0.15, -0.1) is 11.3 Å². The van der Waals surface area contributed by atoms with Gasteiger partial charge in [-0.2, -0.15) is 5.26 Å². The zero-order valence-corrected chi connectivity index (χ0v) is 20.3. The second-order valence-electron chi connectivity index (χ2n) is 8.47. The molecular formula is C27H26N2O4S. The van der Waals surface area contributed by atoms with Gasteiger partial charge in [0.25, 0.3) is 5.91 Å². The maximum Gasteiger partial charge on any atom is 0.341 e. The molecule has 34 heavy (non-hydrogen) atoms. The molecule has 1 atom stereocenters. The van der Waals surface area contributed by atoms with E-state index in [1.165, 1.54) is 17.4 Å². The van der Waals surface area contributed by atoms with Gasteiger partial charge in [0.05, 0.1) is 12.2 Å². The summed E-state index contributed by atoms with van der Waals surface area (Å²) in [6.45, 7) is 6.19. The zero-order valence-electron chi connectivity index (χ0n) is 19.4. The highest BCUT2D eigenvalue weighted by Gasteiger charge is 2.29. The van der Waals surface area contributed by atoms with Crippen LogP contribution in [-0.2, 0) is 22.4 Å². The lowest BCUT2D eigenvalue weighted by Crippen LogP contribution is -2.17. The highest BCUT2D eigenvalue weighted by molar-refractivity contribution is 7.17. The molecule has 0 radical (unpaired) electrons. The van der Waals surface area contributed by atoms with E-state index in [9.17, 15) is 14.9 Å². The van der Waals surface area contributed by atoms with Gasteiger partial charge in [0.15, 0.2) is 0 Å². The number of esters is 1. The molecule has 1 N–H and O–H groups in total. The van der Waals surface area contributed by atoms with Gasteiger partial charge in [-0.3, -0.25) is 4.79 Å². The van der Waals surface area contributed by atoms with Crippen molar-refractivity contribution in [1.82, 2.24) is 0 Å². The lowest BCUT2D eigenvalue weighted by Gasteiger charge is -2.18. The van der Waals surface area contributed by atoms with E-state index < -0.39 is 11.9 Å². The molecule has 3 aromatic rings. The van der Waals surface area contributed by atoms with Gasteiger partial charge < -0.3 is 14.5 Å². The monoisotopic (exact) mass is 474 g/mol. The Balaban J connectivity index is 1.59. The molecule has 1 amide bonds. The number of fused-ring (bicyclic) bond motifs is 1. The fourth-order valence-corrected chi connectivity index (χ4v) is 5.42. The van der Waals surface area contributed by atoms with Crippen molar-refractivity contribution in [2.24, 2.45) is 5.92 Å². The van der Waals surface area contributed by atoms with E-state index in [-0.39, 0.29) is 12.2 Å². The zero-order chi connectivity index (χ0) is 24.2. The third-order valence-electron chi connectivity index (χ3n) is 5.83. The van der Waals surface area contributed by atoms with Crippen molar-refractivity contribution < 1.29 is 18.7 Å². The Morgan fingerprint density at radius 2 is 2.03 bits per heavy atom. The van der Waals surface area contributed by atoms with Crippen molar-refractivity contribution >= 4 is 34.3 Å². The number of carbonyl (C=O) groups excluding carboxylic acids is 2. The first kappa shape index (κ1) is 23.5. The van der Waals surface area contributed by atoms with Crippen molar-refractivity contribution in [1.29, 1.82) is 5.26 Å². The van der Waals surface area contributed by atoms with Crippen molar-refractivity contribution in [3.63, 3.8) is 0 Å². The van der Waals surface area contributed by atoms with Crippen molar-refractivity contribution in [2.45, 2.75) is 40.0 Å². The number of nitriles is 1. The highest BCUT2D eigenvalue weighted by Crippen LogP contribution is 2.40. The average Bonchev–Trinajstić information content (AvgIpc) is 3.42. The molecule has 0 unspecified atom stereocenters. The van der Waals surface area contributed by atoms with Crippen molar-refractivity contribution in [3.8, 4) is 17.4 Å². The van der Waals surface area contributed by atoms with E-state index in [1.807, 2.05) is 37.3 Å². The van der Waals surface area contributed by atoms with Crippen molar-refractivity contribution in [3.05, 3.63) is 69.3 Å². The fourth-order valence-electron chi connectivity index (χ4n) is 4.02. The minimum Gasteiger partial charge on any atom is -0.462 e. The van der Waals surface area contributed by atoms with Crippen LogP contribution in [0.25, 0.3) is 17.4 Å². The Bertz CT molecular complexity index is 1290. The Hall–Kier alpha value is -3.63. The first-order valence-electron chi connectivity index (χ1n) is 11.3. The third-order valence-corrected chi connectivity index (χ3v) is 7.00. The summed E-state index contributed by atoms with van der Waals surface area (Å²) in [7, 11) is 0. The Kier molecular flexibility index (Phi) is 6.99. The third kappa shape index (κ3) is 4.97. The number of benzene rings is 1. The molecule has 0 fully saturated rings. The minimum absolute atomic E-state index is 0.112. The molecule has 6 nitrogen and oxygen atoms in total. The van der Waals surface area contributed by atoms with Crippen LogP contribution in [0.4, 0.5) is 5.00 Å². The quantitative estimate of drug-likeness (QED) is 0.262. The van der Waals surface area contributed by atoms with Crippen LogP contribution in [0.5, 0.6) is 0 Å². The minimum atomic E-state index is -0.590. The number of rotatable bonds is 6. The van der Waals surface area contributed by atoms with E-state index in [0.29, 0.717) is 28.0 Å². The summed E-state index contributed by atoms with van der Waals surface area (Å²) in [5.74, 6) is 0.524. The van der Waals surface area contributed by atoms with E-state index >= 15 is 0 Å². The molecule has 1 aromatic carbocycles. The molecule has 174 valence electrons. The molecule has 4 rings (SSSR count). The number of hydrogen-bond donors (Lipinski definition) is 1. The molecule has 0 saturated carbocycles. The van der Waals surface area contributed by atoms with Gasteiger partial charge in [0.1, 0.15) is 28.2 Å². The number of ether oxygens (including phenoxy) is 1. The number of aryl methyl sites for hydroxylation is 1. The summed E-state index contributed by atoms with van der Waals surface area (Å²) in [6, 6.07) is 13.4. The predicted octanol–water partition coefficient (Wildman–Crippen LogP) is 6.16. The summed E-state index contributed by atoms with van der Waals surface area (Å²) in [5, 5.41) is 12.9. The maximum atomic E-state index is 13.0. The Labute approximate surface area is 202 Å². The van der Waals surface area contributed by atoms with Crippen LogP contribution in [0.15, 0.2) is 46.4 Å².